The fourth-order valence-corrected chi connectivity index (χ4v) is 8.33. The third kappa shape index (κ3) is 5.31. The summed E-state index contributed by atoms with van der Waals surface area (Å²) in [4.78, 5) is 2.43. The third-order valence-corrected chi connectivity index (χ3v) is 10.7. The van der Waals surface area contributed by atoms with Crippen molar-refractivity contribution in [3.8, 4) is 76.5 Å². The van der Waals surface area contributed by atoms with E-state index in [1.54, 1.807) is 22.7 Å². The Morgan fingerprint density at radius 1 is 0.312 bits per heavy atom. The van der Waals surface area contributed by atoms with Crippen LogP contribution in [-0.2, 0) is 0 Å². The van der Waals surface area contributed by atoms with Gasteiger partial charge in [0, 0.05) is 26.4 Å². The van der Waals surface area contributed by atoms with Crippen LogP contribution in [0.25, 0.3) is 76.5 Å². The Hall–Kier alpha value is -5.68. The number of hydrogen-bond donors (Lipinski definition) is 2. The Kier molecular flexibility index (Phi) is 7.95. The van der Waals surface area contributed by atoms with Gasteiger partial charge in [-0.05, 0) is 79.0 Å². The van der Waals surface area contributed by atoms with E-state index in [0.717, 1.165) is 27.8 Å². The number of hydrogen-bond acceptors (Lipinski definition) is 4. The van der Waals surface area contributed by atoms with E-state index < -0.39 is 0 Å². The van der Waals surface area contributed by atoms with E-state index in [1.807, 2.05) is 12.1 Å². The van der Waals surface area contributed by atoms with Gasteiger partial charge in [-0.1, -0.05) is 140 Å². The molecular formula is C44H32N2S2. The lowest BCUT2D eigenvalue weighted by Crippen LogP contribution is -2.00. The molecule has 0 saturated carbocycles. The van der Waals surface area contributed by atoms with Crippen LogP contribution in [0.1, 0.15) is 0 Å². The minimum Gasteiger partial charge on any atom is -0.397 e. The van der Waals surface area contributed by atoms with Crippen LogP contribution in [0.4, 0.5) is 11.4 Å². The fourth-order valence-electron chi connectivity index (χ4n) is 6.74. The monoisotopic (exact) mass is 652 g/mol. The van der Waals surface area contributed by atoms with Crippen LogP contribution in [-0.4, -0.2) is 0 Å². The summed E-state index contributed by atoms with van der Waals surface area (Å²) in [6.45, 7) is 0. The molecule has 2 aromatic heterocycles. The number of anilines is 2. The quantitative estimate of drug-likeness (QED) is 0.168. The molecule has 8 aromatic rings. The molecule has 0 aliphatic heterocycles. The average molecular weight is 653 g/mol. The van der Waals surface area contributed by atoms with E-state index in [9.17, 15) is 0 Å². The number of nitrogen functional groups attached to an aromatic ring is 2. The van der Waals surface area contributed by atoms with Gasteiger partial charge in [0.2, 0.25) is 0 Å². The first kappa shape index (κ1) is 29.7. The number of benzene rings is 6. The van der Waals surface area contributed by atoms with Gasteiger partial charge in [-0.3, -0.25) is 0 Å². The van der Waals surface area contributed by atoms with Gasteiger partial charge in [0.1, 0.15) is 0 Å². The number of rotatable bonds is 7. The Morgan fingerprint density at radius 3 is 1.25 bits per heavy atom. The lowest BCUT2D eigenvalue weighted by molar-refractivity contribution is 1.54. The van der Waals surface area contributed by atoms with Crippen molar-refractivity contribution < 1.29 is 0 Å². The van der Waals surface area contributed by atoms with Crippen molar-refractivity contribution in [2.24, 2.45) is 0 Å². The zero-order valence-electron chi connectivity index (χ0n) is 26.1. The summed E-state index contributed by atoms with van der Waals surface area (Å²) in [5.74, 6) is 0. The van der Waals surface area contributed by atoms with Crippen molar-refractivity contribution >= 4 is 34.0 Å². The molecule has 0 amide bonds. The summed E-state index contributed by atoms with van der Waals surface area (Å²) >= 11 is 3.53. The largest absolute Gasteiger partial charge is 0.397 e. The predicted molar refractivity (Wildman–Crippen MR) is 209 cm³/mol. The molecule has 6 aromatic carbocycles. The molecule has 48 heavy (non-hydrogen) atoms. The molecule has 0 saturated heterocycles. The molecule has 0 aliphatic carbocycles. The molecule has 2 nitrogen and oxygen atoms in total. The van der Waals surface area contributed by atoms with Gasteiger partial charge in [-0.25, -0.2) is 0 Å². The van der Waals surface area contributed by atoms with Gasteiger partial charge in [0.15, 0.2) is 0 Å². The van der Waals surface area contributed by atoms with Crippen LogP contribution in [0.5, 0.6) is 0 Å². The SMILES string of the molecule is Nc1cccc(-c2cccc(-c3cccc(-c4ccccc4)c3-c3cccs3)c2-c2cccc(-c3ccccc3)c2-c2cccs2)c1N. The van der Waals surface area contributed by atoms with Crippen molar-refractivity contribution in [1.29, 1.82) is 0 Å². The van der Waals surface area contributed by atoms with E-state index in [2.05, 4.69) is 156 Å². The zero-order valence-corrected chi connectivity index (χ0v) is 27.8. The van der Waals surface area contributed by atoms with Crippen molar-refractivity contribution in [1.82, 2.24) is 0 Å². The summed E-state index contributed by atoms with van der Waals surface area (Å²) in [6.07, 6.45) is 0. The second-order valence-corrected chi connectivity index (χ2v) is 13.6. The van der Waals surface area contributed by atoms with Crippen molar-refractivity contribution in [3.63, 3.8) is 0 Å². The first-order valence-electron chi connectivity index (χ1n) is 15.9. The smallest absolute Gasteiger partial charge is 0.0627 e. The second kappa shape index (κ2) is 12.8. The third-order valence-electron chi connectivity index (χ3n) is 8.89. The van der Waals surface area contributed by atoms with Gasteiger partial charge in [-0.15, -0.1) is 22.7 Å². The maximum atomic E-state index is 6.79. The molecule has 230 valence electrons. The molecule has 4 N–H and O–H groups in total. The van der Waals surface area contributed by atoms with Crippen LogP contribution in [0.2, 0.25) is 0 Å². The Labute approximate surface area is 289 Å². The van der Waals surface area contributed by atoms with Crippen molar-refractivity contribution in [3.05, 3.63) is 168 Å². The van der Waals surface area contributed by atoms with Crippen LogP contribution >= 0.6 is 22.7 Å². The Morgan fingerprint density at radius 2 is 0.729 bits per heavy atom. The highest BCUT2D eigenvalue weighted by Gasteiger charge is 2.24. The average Bonchev–Trinajstić information content (AvgIpc) is 3.89. The molecule has 0 radical (unpaired) electrons. The van der Waals surface area contributed by atoms with E-state index in [-0.39, 0.29) is 0 Å². The maximum absolute atomic E-state index is 6.79. The lowest BCUT2D eigenvalue weighted by Gasteiger charge is -2.23. The minimum atomic E-state index is 0.575. The normalized spacial score (nSPS) is 11.1. The molecule has 8 rings (SSSR count). The standard InChI is InChI=1S/C44H32N2S2/c45-38-24-10-22-36(44(38)46)35-21-9-19-33(34-20-7-17-31(29-13-3-1-4-14-29)42(34)39-25-11-27-47-39)41(35)37-23-8-18-32(30-15-5-2-6-16-30)43(37)40-26-12-28-48-40/h1-28H,45-46H2. The number of nitrogens with two attached hydrogens (primary N) is 2. The Bertz CT molecular complexity index is 2340. The zero-order chi connectivity index (χ0) is 32.5. The van der Waals surface area contributed by atoms with Gasteiger partial charge in [-0.2, -0.15) is 0 Å². The van der Waals surface area contributed by atoms with Gasteiger partial charge >= 0.3 is 0 Å². The molecule has 0 bridgehead atoms. The molecule has 4 heteroatoms. The Balaban J connectivity index is 1.52. The van der Waals surface area contributed by atoms with Crippen LogP contribution in [0.15, 0.2) is 168 Å². The first-order valence-corrected chi connectivity index (χ1v) is 17.7. The lowest BCUT2D eigenvalue weighted by atomic mass is 9.81. The number of para-hydroxylation sites is 1. The molecule has 0 spiro atoms. The predicted octanol–water partition coefficient (Wildman–Crippen LogP) is 12.6. The summed E-state index contributed by atoms with van der Waals surface area (Å²) in [7, 11) is 0. The van der Waals surface area contributed by atoms with E-state index in [1.165, 1.54) is 48.7 Å². The highest BCUT2D eigenvalue weighted by Crippen LogP contribution is 2.51. The van der Waals surface area contributed by atoms with E-state index in [4.69, 9.17) is 11.5 Å². The second-order valence-electron chi connectivity index (χ2n) is 11.7. The number of thiophene rings is 2. The highest BCUT2D eigenvalue weighted by molar-refractivity contribution is 7.14. The van der Waals surface area contributed by atoms with Crippen molar-refractivity contribution in [2.75, 3.05) is 11.5 Å². The van der Waals surface area contributed by atoms with Crippen molar-refractivity contribution in [2.45, 2.75) is 0 Å². The summed E-state index contributed by atoms with van der Waals surface area (Å²) < 4.78 is 0. The van der Waals surface area contributed by atoms with E-state index in [0.29, 0.717) is 11.4 Å². The topological polar surface area (TPSA) is 52.0 Å². The van der Waals surface area contributed by atoms with Gasteiger partial charge < -0.3 is 11.5 Å². The maximum Gasteiger partial charge on any atom is 0.0627 e. The highest BCUT2D eigenvalue weighted by atomic mass is 32.1. The molecule has 0 aliphatic rings. The fraction of sp³-hybridized carbons (Fsp3) is 0. The van der Waals surface area contributed by atoms with E-state index >= 15 is 0 Å². The van der Waals surface area contributed by atoms with Crippen LogP contribution in [0, 0.1) is 0 Å². The molecular weight excluding hydrogens is 621 g/mol. The summed E-state index contributed by atoms with van der Waals surface area (Å²) in [5.41, 5.74) is 28.1. The van der Waals surface area contributed by atoms with Crippen LogP contribution < -0.4 is 11.5 Å². The summed E-state index contributed by atoms with van der Waals surface area (Å²) in [6, 6.07) is 55.9. The molecule has 0 atom stereocenters. The van der Waals surface area contributed by atoms with Gasteiger partial charge in [0.25, 0.3) is 0 Å². The summed E-state index contributed by atoms with van der Waals surface area (Å²) in [5, 5.41) is 4.31. The molecule has 2 heterocycles. The van der Waals surface area contributed by atoms with Gasteiger partial charge in [0.05, 0.1) is 11.4 Å². The molecule has 0 unspecified atom stereocenters. The minimum absolute atomic E-state index is 0.575. The van der Waals surface area contributed by atoms with Crippen LogP contribution in [0.3, 0.4) is 0 Å². The first-order chi connectivity index (χ1) is 23.7. The molecule has 0 fully saturated rings.